The minimum absolute atomic E-state index is 0.0500. The van der Waals surface area contributed by atoms with E-state index in [1.165, 1.54) is 6.42 Å². The molecule has 0 aliphatic carbocycles. The van der Waals surface area contributed by atoms with E-state index in [0.717, 1.165) is 41.2 Å². The van der Waals surface area contributed by atoms with Crippen LogP contribution in [0.15, 0.2) is 28.7 Å². The van der Waals surface area contributed by atoms with E-state index in [0.29, 0.717) is 0 Å². The Labute approximate surface area is 124 Å². The molecule has 0 amide bonds. The van der Waals surface area contributed by atoms with Crippen molar-refractivity contribution in [1.82, 2.24) is 5.32 Å². The third-order valence-corrected chi connectivity index (χ3v) is 4.42. The molecule has 2 aromatic rings. The van der Waals surface area contributed by atoms with Crippen LogP contribution >= 0.6 is 11.6 Å². The zero-order valence-corrected chi connectivity index (χ0v) is 12.7. The Bertz CT molecular complexity index is 602. The highest BCUT2D eigenvalue weighted by Gasteiger charge is 2.38. The zero-order valence-electron chi connectivity index (χ0n) is 11.9. The van der Waals surface area contributed by atoms with E-state index in [1.807, 2.05) is 25.2 Å². The quantitative estimate of drug-likeness (QED) is 0.916. The highest BCUT2D eigenvalue weighted by molar-refractivity contribution is 6.31. The maximum atomic E-state index is 6.04. The fourth-order valence-electron chi connectivity index (χ4n) is 3.11. The fourth-order valence-corrected chi connectivity index (χ4v) is 3.29. The van der Waals surface area contributed by atoms with Crippen LogP contribution < -0.4 is 5.32 Å². The second kappa shape index (κ2) is 5.40. The molecular formula is C16H20ClNO2. The lowest BCUT2D eigenvalue weighted by molar-refractivity contribution is -0.0919. The number of hydrogen-bond acceptors (Lipinski definition) is 3. The van der Waals surface area contributed by atoms with Crippen molar-refractivity contribution in [2.45, 2.75) is 37.8 Å². The molecule has 0 spiro atoms. The van der Waals surface area contributed by atoms with Crippen LogP contribution in [-0.4, -0.2) is 19.3 Å². The number of ether oxygens (including phenoxy) is 1. The molecule has 1 N–H and O–H groups in total. The van der Waals surface area contributed by atoms with Gasteiger partial charge in [0.25, 0.3) is 0 Å². The highest BCUT2D eigenvalue weighted by atomic mass is 35.5. The SMILES string of the molecule is CNC(c1cc2cc(Cl)ccc2o1)C1(C)CCCCO1. The predicted molar refractivity (Wildman–Crippen MR) is 81.2 cm³/mol. The lowest BCUT2D eigenvalue weighted by Gasteiger charge is -2.39. The van der Waals surface area contributed by atoms with Gasteiger partial charge in [-0.3, -0.25) is 0 Å². The number of furan rings is 1. The number of nitrogens with one attached hydrogen (secondary N) is 1. The summed E-state index contributed by atoms with van der Waals surface area (Å²) in [7, 11) is 1.95. The van der Waals surface area contributed by atoms with E-state index >= 15 is 0 Å². The Balaban J connectivity index is 1.98. The van der Waals surface area contributed by atoms with Gasteiger partial charge >= 0.3 is 0 Å². The van der Waals surface area contributed by atoms with Crippen molar-refractivity contribution in [3.63, 3.8) is 0 Å². The molecule has 1 aliphatic heterocycles. The van der Waals surface area contributed by atoms with Crippen molar-refractivity contribution >= 4 is 22.6 Å². The lowest BCUT2D eigenvalue weighted by Crippen LogP contribution is -2.44. The van der Waals surface area contributed by atoms with Crippen LogP contribution in [0.4, 0.5) is 0 Å². The van der Waals surface area contributed by atoms with Gasteiger partial charge in [0.05, 0.1) is 11.6 Å². The van der Waals surface area contributed by atoms with Crippen LogP contribution in [0, 0.1) is 0 Å². The molecular weight excluding hydrogens is 274 g/mol. The standard InChI is InChI=1S/C16H20ClNO2/c1-16(7-3-4-8-19-16)15(18-2)14-10-11-9-12(17)5-6-13(11)20-14/h5-6,9-10,15,18H,3-4,7-8H2,1-2H3. The van der Waals surface area contributed by atoms with Gasteiger partial charge in [-0.25, -0.2) is 0 Å². The molecule has 0 radical (unpaired) electrons. The molecule has 2 heterocycles. The minimum atomic E-state index is -0.218. The van der Waals surface area contributed by atoms with Crippen molar-refractivity contribution in [2.75, 3.05) is 13.7 Å². The first kappa shape index (κ1) is 13.9. The van der Waals surface area contributed by atoms with Crippen molar-refractivity contribution in [3.8, 4) is 0 Å². The van der Waals surface area contributed by atoms with Crippen LogP contribution in [0.5, 0.6) is 0 Å². The lowest BCUT2D eigenvalue weighted by atomic mass is 9.87. The topological polar surface area (TPSA) is 34.4 Å². The third-order valence-electron chi connectivity index (χ3n) is 4.18. The molecule has 3 rings (SSSR count). The Kier molecular flexibility index (Phi) is 3.76. The first-order chi connectivity index (χ1) is 9.62. The van der Waals surface area contributed by atoms with Crippen molar-refractivity contribution < 1.29 is 9.15 Å². The van der Waals surface area contributed by atoms with Crippen molar-refractivity contribution in [3.05, 3.63) is 35.0 Å². The summed E-state index contributed by atoms with van der Waals surface area (Å²) in [6.45, 7) is 2.98. The molecule has 0 saturated carbocycles. The van der Waals surface area contributed by atoms with Crippen molar-refractivity contribution in [2.24, 2.45) is 0 Å². The van der Waals surface area contributed by atoms with Gasteiger partial charge in [0.15, 0.2) is 0 Å². The summed E-state index contributed by atoms with van der Waals surface area (Å²) in [6, 6.07) is 7.81. The predicted octanol–water partition coefficient (Wildman–Crippen LogP) is 4.31. The van der Waals surface area contributed by atoms with Gasteiger partial charge < -0.3 is 14.5 Å². The summed E-state index contributed by atoms with van der Waals surface area (Å²) in [5, 5.41) is 5.11. The van der Waals surface area contributed by atoms with Gasteiger partial charge in [-0.05, 0) is 57.5 Å². The molecule has 0 bridgehead atoms. The molecule has 3 nitrogen and oxygen atoms in total. The maximum absolute atomic E-state index is 6.04. The van der Waals surface area contributed by atoms with Gasteiger partial charge in [-0.1, -0.05) is 11.6 Å². The average Bonchev–Trinajstić information content (AvgIpc) is 2.82. The summed E-state index contributed by atoms with van der Waals surface area (Å²) in [5.74, 6) is 0.911. The Morgan fingerprint density at radius 1 is 1.30 bits per heavy atom. The summed E-state index contributed by atoms with van der Waals surface area (Å²) in [4.78, 5) is 0. The van der Waals surface area contributed by atoms with Gasteiger partial charge in [0.1, 0.15) is 11.3 Å². The number of halogens is 1. The minimum Gasteiger partial charge on any atom is -0.459 e. The zero-order chi connectivity index (χ0) is 14.2. The number of fused-ring (bicyclic) bond motifs is 1. The van der Waals surface area contributed by atoms with Gasteiger partial charge in [-0.2, -0.15) is 0 Å². The maximum Gasteiger partial charge on any atom is 0.134 e. The molecule has 1 aromatic carbocycles. The van der Waals surface area contributed by atoms with E-state index in [4.69, 9.17) is 20.8 Å². The second-order valence-corrected chi connectivity index (χ2v) is 6.11. The number of hydrogen-bond donors (Lipinski definition) is 1. The smallest absolute Gasteiger partial charge is 0.134 e. The first-order valence-corrected chi connectivity index (χ1v) is 7.50. The fraction of sp³-hybridized carbons (Fsp3) is 0.500. The van der Waals surface area contributed by atoms with Gasteiger partial charge in [0, 0.05) is 17.0 Å². The molecule has 4 heteroatoms. The Morgan fingerprint density at radius 3 is 2.85 bits per heavy atom. The average molecular weight is 294 g/mol. The molecule has 1 saturated heterocycles. The Morgan fingerprint density at radius 2 is 2.15 bits per heavy atom. The molecule has 20 heavy (non-hydrogen) atoms. The van der Waals surface area contributed by atoms with Crippen LogP contribution in [0.3, 0.4) is 0 Å². The van der Waals surface area contributed by atoms with Crippen LogP contribution in [0.2, 0.25) is 5.02 Å². The summed E-state index contributed by atoms with van der Waals surface area (Å²) in [5.41, 5.74) is 0.647. The summed E-state index contributed by atoms with van der Waals surface area (Å²) in [6.07, 6.45) is 3.37. The molecule has 1 aliphatic rings. The van der Waals surface area contributed by atoms with Gasteiger partial charge in [-0.15, -0.1) is 0 Å². The largest absolute Gasteiger partial charge is 0.459 e. The number of likely N-dealkylation sites (N-methyl/N-ethyl adjacent to an activating group) is 1. The molecule has 2 atom stereocenters. The van der Waals surface area contributed by atoms with E-state index in [1.54, 1.807) is 0 Å². The summed E-state index contributed by atoms with van der Waals surface area (Å²) >= 11 is 6.04. The second-order valence-electron chi connectivity index (χ2n) is 5.67. The Hall–Kier alpha value is -1.03. The van der Waals surface area contributed by atoms with Crippen molar-refractivity contribution in [1.29, 1.82) is 0 Å². The summed E-state index contributed by atoms with van der Waals surface area (Å²) < 4.78 is 12.0. The third kappa shape index (κ3) is 2.46. The van der Waals surface area contributed by atoms with Crippen LogP contribution in [-0.2, 0) is 4.74 Å². The monoisotopic (exact) mass is 293 g/mol. The molecule has 1 aromatic heterocycles. The van der Waals surface area contributed by atoms with Crippen LogP contribution in [0.25, 0.3) is 11.0 Å². The van der Waals surface area contributed by atoms with E-state index in [2.05, 4.69) is 18.3 Å². The molecule has 108 valence electrons. The molecule has 1 fully saturated rings. The highest BCUT2D eigenvalue weighted by Crippen LogP contribution is 2.38. The van der Waals surface area contributed by atoms with Crippen LogP contribution in [0.1, 0.15) is 38.0 Å². The van der Waals surface area contributed by atoms with Gasteiger partial charge in [0.2, 0.25) is 0 Å². The van der Waals surface area contributed by atoms with E-state index < -0.39 is 0 Å². The van der Waals surface area contributed by atoms with E-state index in [9.17, 15) is 0 Å². The van der Waals surface area contributed by atoms with E-state index in [-0.39, 0.29) is 11.6 Å². The molecule has 2 unspecified atom stereocenters. The number of benzene rings is 1. The first-order valence-electron chi connectivity index (χ1n) is 7.12. The number of rotatable bonds is 3. The normalized spacial score (nSPS) is 24.9.